The molecule has 1 N–H and O–H groups in total. The van der Waals surface area contributed by atoms with E-state index in [0.717, 1.165) is 0 Å². The van der Waals surface area contributed by atoms with Crippen LogP contribution in [0.3, 0.4) is 0 Å². The third kappa shape index (κ3) is 3.82. The van der Waals surface area contributed by atoms with Crippen LogP contribution in [0.5, 0.6) is 0 Å². The van der Waals surface area contributed by atoms with Gasteiger partial charge >= 0.3 is 0 Å². The van der Waals surface area contributed by atoms with Gasteiger partial charge in [0.25, 0.3) is 0 Å². The predicted octanol–water partition coefficient (Wildman–Crippen LogP) is 2.15. The Morgan fingerprint density at radius 3 is 2.45 bits per heavy atom. The van der Waals surface area contributed by atoms with Crippen LogP contribution in [0.15, 0.2) is 52.0 Å². The molecule has 1 aromatic carbocycles. The molecular formula is C15H17NO5S. The van der Waals surface area contributed by atoms with Crippen molar-refractivity contribution in [3.8, 4) is 0 Å². The Morgan fingerprint density at radius 2 is 1.95 bits per heavy atom. The second kappa shape index (κ2) is 6.87. The van der Waals surface area contributed by atoms with Crippen molar-refractivity contribution in [2.45, 2.75) is 17.9 Å². The van der Waals surface area contributed by atoms with Gasteiger partial charge in [0.15, 0.2) is 5.78 Å². The predicted molar refractivity (Wildman–Crippen MR) is 80.1 cm³/mol. The van der Waals surface area contributed by atoms with E-state index in [1.165, 1.54) is 44.6 Å². The number of nitrogens with one attached hydrogen (secondary N) is 1. The van der Waals surface area contributed by atoms with Gasteiger partial charge < -0.3 is 9.15 Å². The van der Waals surface area contributed by atoms with Crippen LogP contribution in [0.1, 0.15) is 29.1 Å². The van der Waals surface area contributed by atoms with Gasteiger partial charge in [-0.25, -0.2) is 13.1 Å². The summed E-state index contributed by atoms with van der Waals surface area (Å²) in [5, 5.41) is 0. The highest BCUT2D eigenvalue weighted by Crippen LogP contribution is 2.17. The number of hydrogen-bond acceptors (Lipinski definition) is 5. The van der Waals surface area contributed by atoms with Gasteiger partial charge in [-0.1, -0.05) is 12.1 Å². The zero-order valence-electron chi connectivity index (χ0n) is 12.3. The monoisotopic (exact) mass is 323 g/mol. The van der Waals surface area contributed by atoms with Crippen molar-refractivity contribution in [1.82, 2.24) is 4.72 Å². The number of Topliss-reactive ketones (excluding diaryl/α,β-unsaturated/α-hetero) is 1. The van der Waals surface area contributed by atoms with Crippen LogP contribution in [-0.2, 0) is 14.8 Å². The van der Waals surface area contributed by atoms with Crippen molar-refractivity contribution in [1.29, 1.82) is 0 Å². The Kier molecular flexibility index (Phi) is 5.12. The number of rotatable bonds is 7. The minimum atomic E-state index is -3.68. The average molecular weight is 323 g/mol. The molecule has 118 valence electrons. The Balaban J connectivity index is 2.09. The maximum absolute atomic E-state index is 12.2. The summed E-state index contributed by atoms with van der Waals surface area (Å²) in [5.41, 5.74) is 0.462. The lowest BCUT2D eigenvalue weighted by molar-refractivity contribution is 0.0878. The smallest absolute Gasteiger partial charge is 0.240 e. The molecule has 1 aromatic heterocycles. The number of hydrogen-bond donors (Lipinski definition) is 1. The van der Waals surface area contributed by atoms with E-state index in [9.17, 15) is 13.2 Å². The highest BCUT2D eigenvalue weighted by Gasteiger charge is 2.19. The summed E-state index contributed by atoms with van der Waals surface area (Å²) in [5.74, 6) is 0.423. The van der Waals surface area contributed by atoms with Crippen LogP contribution in [-0.4, -0.2) is 27.9 Å². The fourth-order valence-electron chi connectivity index (χ4n) is 1.91. The zero-order chi connectivity index (χ0) is 16.2. The van der Waals surface area contributed by atoms with Gasteiger partial charge in [-0.2, -0.15) is 0 Å². The van der Waals surface area contributed by atoms with E-state index in [4.69, 9.17) is 9.15 Å². The van der Waals surface area contributed by atoms with E-state index < -0.39 is 16.1 Å². The average Bonchev–Trinajstić information content (AvgIpc) is 3.02. The first-order valence-corrected chi connectivity index (χ1v) is 8.09. The summed E-state index contributed by atoms with van der Waals surface area (Å²) < 4.78 is 37.3. The first-order chi connectivity index (χ1) is 10.4. The van der Waals surface area contributed by atoms with Crippen LogP contribution in [0.25, 0.3) is 0 Å². The normalized spacial score (nSPS) is 13.0. The van der Waals surface area contributed by atoms with Crippen molar-refractivity contribution in [2.75, 3.05) is 13.7 Å². The molecule has 1 atom stereocenters. The minimum Gasteiger partial charge on any atom is -0.467 e. The molecular weight excluding hydrogens is 306 g/mol. The van der Waals surface area contributed by atoms with E-state index >= 15 is 0 Å². The molecule has 0 spiro atoms. The standard InChI is InChI=1S/C15H17NO5S/c1-11(17)12-5-7-13(8-6-12)22(18,19)16-10-15(20-2)14-4-3-9-21-14/h3-9,15-16H,10H2,1-2H3. The molecule has 0 fully saturated rings. The minimum absolute atomic E-state index is 0.0425. The van der Waals surface area contributed by atoms with Gasteiger partial charge in [0.1, 0.15) is 11.9 Å². The third-order valence-corrected chi connectivity index (χ3v) is 4.61. The molecule has 1 heterocycles. The number of ether oxygens (including phenoxy) is 1. The SMILES string of the molecule is COC(CNS(=O)(=O)c1ccc(C(C)=O)cc1)c1ccco1. The van der Waals surface area contributed by atoms with Gasteiger partial charge in [0.05, 0.1) is 11.2 Å². The highest BCUT2D eigenvalue weighted by molar-refractivity contribution is 7.89. The summed E-state index contributed by atoms with van der Waals surface area (Å²) in [6.07, 6.45) is 0.984. The van der Waals surface area contributed by atoms with E-state index in [-0.39, 0.29) is 17.2 Å². The molecule has 22 heavy (non-hydrogen) atoms. The quantitative estimate of drug-likeness (QED) is 0.789. The zero-order valence-corrected chi connectivity index (χ0v) is 13.1. The fourth-order valence-corrected chi connectivity index (χ4v) is 2.94. The van der Waals surface area contributed by atoms with Crippen molar-refractivity contribution in [3.63, 3.8) is 0 Å². The summed E-state index contributed by atoms with van der Waals surface area (Å²) in [4.78, 5) is 11.3. The van der Waals surface area contributed by atoms with Gasteiger partial charge in [0, 0.05) is 19.2 Å². The van der Waals surface area contributed by atoms with E-state index in [1.807, 2.05) is 0 Å². The number of benzene rings is 1. The summed E-state index contributed by atoms with van der Waals surface area (Å²) in [6.45, 7) is 1.47. The topological polar surface area (TPSA) is 85.6 Å². The van der Waals surface area contributed by atoms with Gasteiger partial charge in [-0.05, 0) is 31.2 Å². The maximum atomic E-state index is 12.2. The van der Waals surface area contributed by atoms with E-state index in [2.05, 4.69) is 4.72 Å². The van der Waals surface area contributed by atoms with Crippen LogP contribution < -0.4 is 4.72 Å². The second-order valence-corrected chi connectivity index (χ2v) is 6.44. The molecule has 1 unspecified atom stereocenters. The lowest BCUT2D eigenvalue weighted by atomic mass is 10.2. The van der Waals surface area contributed by atoms with Crippen LogP contribution in [0, 0.1) is 0 Å². The van der Waals surface area contributed by atoms with E-state index in [0.29, 0.717) is 11.3 Å². The van der Waals surface area contributed by atoms with Gasteiger partial charge in [-0.15, -0.1) is 0 Å². The van der Waals surface area contributed by atoms with Crippen LogP contribution in [0.4, 0.5) is 0 Å². The van der Waals surface area contributed by atoms with Crippen molar-refractivity contribution < 1.29 is 22.4 Å². The summed E-state index contributed by atoms with van der Waals surface area (Å²) in [6, 6.07) is 9.18. The molecule has 0 saturated heterocycles. The molecule has 0 aliphatic heterocycles. The lowest BCUT2D eigenvalue weighted by Gasteiger charge is -2.14. The number of methoxy groups -OCH3 is 1. The molecule has 0 amide bonds. The van der Waals surface area contributed by atoms with E-state index in [1.54, 1.807) is 12.1 Å². The Morgan fingerprint density at radius 1 is 1.27 bits per heavy atom. The summed E-state index contributed by atoms with van der Waals surface area (Å²) in [7, 11) is -2.21. The number of furan rings is 1. The van der Waals surface area contributed by atoms with Crippen molar-refractivity contribution >= 4 is 15.8 Å². The molecule has 6 nitrogen and oxygen atoms in total. The Labute approximate surface area is 129 Å². The number of ketones is 1. The number of carbonyl (C=O) groups is 1. The van der Waals surface area contributed by atoms with Crippen molar-refractivity contribution in [2.24, 2.45) is 0 Å². The van der Waals surface area contributed by atoms with Gasteiger partial charge in [0.2, 0.25) is 10.0 Å². The molecule has 2 rings (SSSR count). The molecule has 2 aromatic rings. The fraction of sp³-hybridized carbons (Fsp3) is 0.267. The highest BCUT2D eigenvalue weighted by atomic mass is 32.2. The molecule has 0 saturated carbocycles. The molecule has 0 aliphatic rings. The van der Waals surface area contributed by atoms with Crippen molar-refractivity contribution in [3.05, 3.63) is 54.0 Å². The van der Waals surface area contributed by atoms with Crippen LogP contribution >= 0.6 is 0 Å². The third-order valence-electron chi connectivity index (χ3n) is 3.17. The Hall–Kier alpha value is -1.96. The number of carbonyl (C=O) groups excluding carboxylic acids is 1. The second-order valence-electron chi connectivity index (χ2n) is 4.67. The molecule has 7 heteroatoms. The lowest BCUT2D eigenvalue weighted by Crippen LogP contribution is -2.29. The van der Waals surface area contributed by atoms with Gasteiger partial charge in [-0.3, -0.25) is 4.79 Å². The maximum Gasteiger partial charge on any atom is 0.240 e. The largest absolute Gasteiger partial charge is 0.467 e. The molecule has 0 radical (unpaired) electrons. The first kappa shape index (κ1) is 16.4. The first-order valence-electron chi connectivity index (χ1n) is 6.61. The molecule has 0 bridgehead atoms. The number of sulfonamides is 1. The van der Waals surface area contributed by atoms with Crippen LogP contribution in [0.2, 0.25) is 0 Å². The summed E-state index contributed by atoms with van der Waals surface area (Å²) >= 11 is 0. The Bertz CT molecular complexity index is 720. The molecule has 0 aliphatic carbocycles.